The third-order valence-electron chi connectivity index (χ3n) is 7.06. The van der Waals surface area contributed by atoms with Crippen LogP contribution in [0.15, 0.2) is 30.3 Å². The molecule has 0 N–H and O–H groups in total. The average Bonchev–Trinajstić information content (AvgIpc) is 3.06. The molecule has 2 aliphatic rings. The molecule has 0 radical (unpaired) electrons. The molecule has 2 fully saturated rings. The minimum absolute atomic E-state index is 0.00155. The summed E-state index contributed by atoms with van der Waals surface area (Å²) in [5, 5.41) is 0. The lowest BCUT2D eigenvalue weighted by atomic mass is 9.84. The molecule has 2 saturated heterocycles. The van der Waals surface area contributed by atoms with Crippen molar-refractivity contribution in [1.29, 1.82) is 0 Å². The summed E-state index contributed by atoms with van der Waals surface area (Å²) in [6.07, 6.45) is 5.12. The molecule has 7 nitrogen and oxygen atoms in total. The smallest absolute Gasteiger partial charge is 0.250 e. The lowest BCUT2D eigenvalue weighted by Crippen LogP contribution is -2.58. The van der Waals surface area contributed by atoms with Gasteiger partial charge in [-0.2, -0.15) is 0 Å². The van der Waals surface area contributed by atoms with E-state index in [9.17, 15) is 14.4 Å². The summed E-state index contributed by atoms with van der Waals surface area (Å²) < 4.78 is 0. The van der Waals surface area contributed by atoms with E-state index in [1.165, 1.54) is 4.90 Å². The third-order valence-corrected chi connectivity index (χ3v) is 7.06. The third kappa shape index (κ3) is 4.76. The van der Waals surface area contributed by atoms with Gasteiger partial charge in [0.2, 0.25) is 11.8 Å². The predicted molar refractivity (Wildman–Crippen MR) is 126 cm³/mol. The van der Waals surface area contributed by atoms with Gasteiger partial charge in [0.15, 0.2) is 0 Å². The molecule has 176 valence electrons. The summed E-state index contributed by atoms with van der Waals surface area (Å²) in [6.45, 7) is 5.86. The number of hydrogen-bond donors (Lipinski definition) is 0. The van der Waals surface area contributed by atoms with Crippen LogP contribution in [0.1, 0.15) is 52.4 Å². The van der Waals surface area contributed by atoms with Gasteiger partial charge in [0, 0.05) is 38.8 Å². The van der Waals surface area contributed by atoms with Crippen LogP contribution in [0, 0.1) is 5.92 Å². The van der Waals surface area contributed by atoms with Crippen molar-refractivity contribution in [3.63, 3.8) is 0 Å². The van der Waals surface area contributed by atoms with Crippen molar-refractivity contribution < 1.29 is 14.4 Å². The molecule has 32 heavy (non-hydrogen) atoms. The number of likely N-dealkylation sites (tertiary alicyclic amines) is 1. The second kappa shape index (κ2) is 10.4. The average molecular weight is 443 g/mol. The molecule has 0 aliphatic carbocycles. The quantitative estimate of drug-likeness (QED) is 0.621. The fourth-order valence-electron chi connectivity index (χ4n) is 4.94. The first-order valence-corrected chi connectivity index (χ1v) is 11.9. The van der Waals surface area contributed by atoms with E-state index in [4.69, 9.17) is 0 Å². The molecule has 1 spiro atoms. The molecule has 0 bridgehead atoms. The Labute approximate surface area is 192 Å². The number of carbonyl (C=O) groups is 3. The van der Waals surface area contributed by atoms with Gasteiger partial charge in [0.25, 0.3) is 5.91 Å². The molecule has 1 unspecified atom stereocenters. The van der Waals surface area contributed by atoms with Crippen molar-refractivity contribution in [3.05, 3.63) is 30.3 Å². The Hall–Kier alpha value is -2.57. The standard InChI is InChI=1S/C25H38N4O3/c1-5-7-11-20(6-2)23(31)27-16-14-25(15-17-27)24(32)28(18-22(30)26(3)4)19-29(25)21-12-9-8-10-13-21/h8-10,12-13,20H,5-7,11,14-19H2,1-4H3. The predicted octanol–water partition coefficient (Wildman–Crippen LogP) is 2.96. The minimum atomic E-state index is -0.699. The number of benzene rings is 1. The highest BCUT2D eigenvalue weighted by Crippen LogP contribution is 2.39. The van der Waals surface area contributed by atoms with E-state index in [1.54, 1.807) is 19.0 Å². The number of para-hydroxylation sites is 1. The molecular weight excluding hydrogens is 404 g/mol. The van der Waals surface area contributed by atoms with E-state index in [-0.39, 0.29) is 30.2 Å². The monoisotopic (exact) mass is 442 g/mol. The topological polar surface area (TPSA) is 64.2 Å². The van der Waals surface area contributed by atoms with Crippen molar-refractivity contribution in [3.8, 4) is 0 Å². The molecular formula is C25H38N4O3. The molecule has 1 aromatic rings. The van der Waals surface area contributed by atoms with Crippen LogP contribution in [0.4, 0.5) is 5.69 Å². The lowest BCUT2D eigenvalue weighted by Gasteiger charge is -2.44. The van der Waals surface area contributed by atoms with Crippen LogP contribution >= 0.6 is 0 Å². The van der Waals surface area contributed by atoms with Crippen molar-refractivity contribution in [2.24, 2.45) is 5.92 Å². The van der Waals surface area contributed by atoms with E-state index >= 15 is 0 Å². The normalized spacial score (nSPS) is 18.9. The minimum Gasteiger partial charge on any atom is -0.347 e. The lowest BCUT2D eigenvalue weighted by molar-refractivity contribution is -0.142. The van der Waals surface area contributed by atoms with Crippen molar-refractivity contribution in [1.82, 2.24) is 14.7 Å². The number of unbranched alkanes of at least 4 members (excludes halogenated alkanes) is 1. The number of carbonyl (C=O) groups excluding carboxylic acids is 3. The number of amides is 3. The number of piperidine rings is 1. The molecule has 2 aliphatic heterocycles. The summed E-state index contributed by atoms with van der Waals surface area (Å²) in [4.78, 5) is 46.4. The molecule has 7 heteroatoms. The first kappa shape index (κ1) is 24.1. The maximum absolute atomic E-state index is 13.6. The first-order valence-electron chi connectivity index (χ1n) is 11.9. The maximum Gasteiger partial charge on any atom is 0.250 e. The number of hydrogen-bond acceptors (Lipinski definition) is 4. The summed E-state index contributed by atoms with van der Waals surface area (Å²) in [5.74, 6) is 0.217. The summed E-state index contributed by atoms with van der Waals surface area (Å²) in [6, 6.07) is 9.94. The highest BCUT2D eigenvalue weighted by atomic mass is 16.2. The van der Waals surface area contributed by atoms with Gasteiger partial charge in [0.05, 0.1) is 6.67 Å². The van der Waals surface area contributed by atoms with Gasteiger partial charge < -0.3 is 19.6 Å². The van der Waals surface area contributed by atoms with Crippen LogP contribution in [0.25, 0.3) is 0 Å². The van der Waals surface area contributed by atoms with Gasteiger partial charge in [-0.15, -0.1) is 0 Å². The molecule has 3 rings (SSSR count). The van der Waals surface area contributed by atoms with E-state index < -0.39 is 5.54 Å². The van der Waals surface area contributed by atoms with Crippen LogP contribution in [0.2, 0.25) is 0 Å². The van der Waals surface area contributed by atoms with Crippen LogP contribution in [-0.2, 0) is 14.4 Å². The molecule has 1 aromatic carbocycles. The fraction of sp³-hybridized carbons (Fsp3) is 0.640. The first-order chi connectivity index (χ1) is 15.3. The largest absolute Gasteiger partial charge is 0.347 e. The van der Waals surface area contributed by atoms with Crippen molar-refractivity contribution in [2.75, 3.05) is 45.3 Å². The van der Waals surface area contributed by atoms with E-state index in [0.29, 0.717) is 32.6 Å². The number of rotatable bonds is 8. The zero-order valence-corrected chi connectivity index (χ0v) is 20.0. The van der Waals surface area contributed by atoms with Crippen molar-refractivity contribution in [2.45, 2.75) is 57.9 Å². The number of anilines is 1. The van der Waals surface area contributed by atoms with Crippen molar-refractivity contribution >= 4 is 23.4 Å². The molecule has 3 amide bonds. The van der Waals surface area contributed by atoms with Gasteiger partial charge >= 0.3 is 0 Å². The maximum atomic E-state index is 13.6. The van der Waals surface area contributed by atoms with Gasteiger partial charge in [-0.1, -0.05) is 44.9 Å². The molecule has 2 heterocycles. The number of nitrogens with zero attached hydrogens (tertiary/aromatic N) is 4. The summed E-state index contributed by atoms with van der Waals surface area (Å²) >= 11 is 0. The number of likely N-dealkylation sites (N-methyl/N-ethyl adjacent to an activating group) is 1. The van der Waals surface area contributed by atoms with E-state index in [2.05, 4.69) is 18.7 Å². The Morgan fingerprint density at radius 1 is 1.09 bits per heavy atom. The molecule has 1 atom stereocenters. The van der Waals surface area contributed by atoms with Gasteiger partial charge in [-0.3, -0.25) is 14.4 Å². The SMILES string of the molecule is CCCCC(CC)C(=O)N1CCC2(CC1)C(=O)N(CC(=O)N(C)C)CN2c1ccccc1. The van der Waals surface area contributed by atoms with Gasteiger partial charge in [0.1, 0.15) is 12.1 Å². The van der Waals surface area contributed by atoms with Crippen LogP contribution in [-0.4, -0.2) is 78.4 Å². The van der Waals surface area contributed by atoms with Gasteiger partial charge in [-0.25, -0.2) is 0 Å². The fourth-order valence-corrected chi connectivity index (χ4v) is 4.94. The highest BCUT2D eigenvalue weighted by Gasteiger charge is 2.54. The molecule has 0 aromatic heterocycles. The summed E-state index contributed by atoms with van der Waals surface area (Å²) in [5.41, 5.74) is 0.283. The second-order valence-electron chi connectivity index (χ2n) is 9.30. The zero-order valence-electron chi connectivity index (χ0n) is 20.0. The Bertz CT molecular complexity index is 803. The zero-order chi connectivity index (χ0) is 23.3. The van der Waals surface area contributed by atoms with Crippen LogP contribution in [0.5, 0.6) is 0 Å². The van der Waals surface area contributed by atoms with E-state index in [1.807, 2.05) is 35.2 Å². The Balaban J connectivity index is 1.79. The van der Waals surface area contributed by atoms with E-state index in [0.717, 1.165) is 31.4 Å². The Kier molecular flexibility index (Phi) is 7.80. The van der Waals surface area contributed by atoms with Gasteiger partial charge in [-0.05, 0) is 37.8 Å². The molecule has 0 saturated carbocycles. The summed E-state index contributed by atoms with van der Waals surface area (Å²) in [7, 11) is 3.42. The Morgan fingerprint density at radius 2 is 1.75 bits per heavy atom. The second-order valence-corrected chi connectivity index (χ2v) is 9.30. The Morgan fingerprint density at radius 3 is 2.31 bits per heavy atom. The van der Waals surface area contributed by atoms with Crippen LogP contribution < -0.4 is 4.90 Å². The highest BCUT2D eigenvalue weighted by molar-refractivity contribution is 5.96. The van der Waals surface area contributed by atoms with Crippen LogP contribution in [0.3, 0.4) is 0 Å².